The molecule has 2 aromatic rings. The third kappa shape index (κ3) is 3.71. The summed E-state index contributed by atoms with van der Waals surface area (Å²) in [6.07, 6.45) is 0. The summed E-state index contributed by atoms with van der Waals surface area (Å²) < 4.78 is 24.2. The predicted octanol–water partition coefficient (Wildman–Crippen LogP) is 3.30. The van der Waals surface area contributed by atoms with Gasteiger partial charge in [0.05, 0.1) is 13.2 Å². The normalized spacial score (nSPS) is 10.3. The molecule has 2 aromatic carbocycles. The topological polar surface area (TPSA) is 38.7 Å². The van der Waals surface area contributed by atoms with Crippen LogP contribution in [-0.2, 0) is 13.2 Å². The lowest BCUT2D eigenvalue weighted by atomic mass is 10.2. The number of hydrogen-bond donors (Lipinski definition) is 1. The van der Waals surface area contributed by atoms with Crippen LogP contribution in [0.2, 0.25) is 0 Å². The molecule has 0 spiro atoms. The smallest absolute Gasteiger partial charge is 0.161 e. The average Bonchev–Trinajstić information content (AvgIpc) is 2.46. The highest BCUT2D eigenvalue weighted by molar-refractivity contribution is 5.43. The molecule has 0 saturated carbocycles. The second kappa shape index (κ2) is 6.91. The Morgan fingerprint density at radius 2 is 1.85 bits per heavy atom. The molecule has 0 saturated heterocycles. The molecule has 0 aliphatic heterocycles. The molecule has 0 bridgehead atoms. The van der Waals surface area contributed by atoms with Crippen molar-refractivity contribution in [1.82, 2.24) is 0 Å². The van der Waals surface area contributed by atoms with Gasteiger partial charge in [0.15, 0.2) is 11.5 Å². The number of rotatable bonds is 6. The summed E-state index contributed by atoms with van der Waals surface area (Å²) in [5.41, 5.74) is 1.50. The maximum Gasteiger partial charge on any atom is 0.161 e. The van der Waals surface area contributed by atoms with Gasteiger partial charge in [0.1, 0.15) is 12.4 Å². The van der Waals surface area contributed by atoms with Crippen LogP contribution >= 0.6 is 0 Å². The first-order valence-corrected chi connectivity index (χ1v) is 6.46. The lowest BCUT2D eigenvalue weighted by molar-refractivity contribution is 0.263. The summed E-state index contributed by atoms with van der Waals surface area (Å²) in [6.45, 7) is 2.59. The molecule has 0 heterocycles. The van der Waals surface area contributed by atoms with Crippen molar-refractivity contribution in [3.05, 3.63) is 59.4 Å². The van der Waals surface area contributed by atoms with E-state index in [4.69, 9.17) is 14.6 Å². The van der Waals surface area contributed by atoms with E-state index in [0.29, 0.717) is 18.1 Å². The monoisotopic (exact) mass is 276 g/mol. The zero-order valence-electron chi connectivity index (χ0n) is 11.3. The van der Waals surface area contributed by atoms with Gasteiger partial charge in [-0.25, -0.2) is 4.39 Å². The standard InChI is InChI=1S/C16H17FO3/c1-2-19-16-9-12(10-18)6-7-15(16)20-11-13-4-3-5-14(17)8-13/h3-9,18H,2,10-11H2,1H3. The van der Waals surface area contributed by atoms with Crippen molar-refractivity contribution in [2.24, 2.45) is 0 Å². The molecule has 0 unspecified atom stereocenters. The number of halogens is 1. The molecule has 0 aliphatic carbocycles. The first kappa shape index (κ1) is 14.3. The van der Waals surface area contributed by atoms with Gasteiger partial charge in [0, 0.05) is 0 Å². The van der Waals surface area contributed by atoms with Crippen LogP contribution in [0.15, 0.2) is 42.5 Å². The molecule has 0 aliphatic rings. The number of hydrogen-bond acceptors (Lipinski definition) is 3. The molecule has 20 heavy (non-hydrogen) atoms. The van der Waals surface area contributed by atoms with E-state index in [0.717, 1.165) is 11.1 Å². The Morgan fingerprint density at radius 3 is 2.55 bits per heavy atom. The summed E-state index contributed by atoms with van der Waals surface area (Å²) >= 11 is 0. The number of aliphatic hydroxyl groups excluding tert-OH is 1. The number of aliphatic hydroxyl groups is 1. The van der Waals surface area contributed by atoms with Gasteiger partial charge < -0.3 is 14.6 Å². The van der Waals surface area contributed by atoms with E-state index in [-0.39, 0.29) is 19.0 Å². The lowest BCUT2D eigenvalue weighted by Gasteiger charge is -2.13. The van der Waals surface area contributed by atoms with Crippen LogP contribution in [0.4, 0.5) is 4.39 Å². The molecule has 0 radical (unpaired) electrons. The molecule has 0 aromatic heterocycles. The predicted molar refractivity (Wildman–Crippen MR) is 74.3 cm³/mol. The van der Waals surface area contributed by atoms with E-state index in [1.54, 1.807) is 30.3 Å². The fourth-order valence-electron chi connectivity index (χ4n) is 1.83. The summed E-state index contributed by atoms with van der Waals surface area (Å²) in [6, 6.07) is 11.5. The van der Waals surface area contributed by atoms with E-state index in [9.17, 15) is 4.39 Å². The quantitative estimate of drug-likeness (QED) is 0.879. The Kier molecular flexibility index (Phi) is 4.96. The van der Waals surface area contributed by atoms with Gasteiger partial charge in [-0.3, -0.25) is 0 Å². The van der Waals surface area contributed by atoms with Crippen molar-refractivity contribution < 1.29 is 19.0 Å². The van der Waals surface area contributed by atoms with Gasteiger partial charge in [0.25, 0.3) is 0 Å². The minimum Gasteiger partial charge on any atom is -0.490 e. The van der Waals surface area contributed by atoms with E-state index in [1.165, 1.54) is 12.1 Å². The van der Waals surface area contributed by atoms with Crippen LogP contribution in [0.3, 0.4) is 0 Å². The lowest BCUT2D eigenvalue weighted by Crippen LogP contribution is -2.00. The van der Waals surface area contributed by atoms with E-state index < -0.39 is 0 Å². The molecule has 2 rings (SSSR count). The second-order valence-electron chi connectivity index (χ2n) is 4.29. The van der Waals surface area contributed by atoms with Crippen LogP contribution in [0, 0.1) is 5.82 Å². The van der Waals surface area contributed by atoms with E-state index >= 15 is 0 Å². The highest BCUT2D eigenvalue weighted by atomic mass is 19.1. The summed E-state index contributed by atoms with van der Waals surface area (Å²) in [4.78, 5) is 0. The molecule has 3 nitrogen and oxygen atoms in total. The molecule has 4 heteroatoms. The summed E-state index contributed by atoms with van der Waals surface area (Å²) in [7, 11) is 0. The maximum absolute atomic E-state index is 13.1. The zero-order chi connectivity index (χ0) is 14.4. The summed E-state index contributed by atoms with van der Waals surface area (Å²) in [5, 5.41) is 9.12. The van der Waals surface area contributed by atoms with E-state index in [2.05, 4.69) is 0 Å². The van der Waals surface area contributed by atoms with Crippen LogP contribution in [-0.4, -0.2) is 11.7 Å². The zero-order valence-corrected chi connectivity index (χ0v) is 11.3. The minimum atomic E-state index is -0.285. The SMILES string of the molecule is CCOc1cc(CO)ccc1OCc1cccc(F)c1. The first-order valence-electron chi connectivity index (χ1n) is 6.46. The van der Waals surface area contributed by atoms with Crippen molar-refractivity contribution in [3.8, 4) is 11.5 Å². The van der Waals surface area contributed by atoms with Crippen molar-refractivity contribution in [2.75, 3.05) is 6.61 Å². The van der Waals surface area contributed by atoms with Gasteiger partial charge in [-0.15, -0.1) is 0 Å². The van der Waals surface area contributed by atoms with Crippen molar-refractivity contribution in [3.63, 3.8) is 0 Å². The Labute approximate surface area is 117 Å². The highest BCUT2D eigenvalue weighted by Gasteiger charge is 2.07. The minimum absolute atomic E-state index is 0.0513. The number of ether oxygens (including phenoxy) is 2. The fourth-order valence-corrected chi connectivity index (χ4v) is 1.83. The summed E-state index contributed by atoms with van der Waals surface area (Å²) in [5.74, 6) is 0.871. The molecular formula is C16H17FO3. The van der Waals surface area contributed by atoms with Gasteiger partial charge in [-0.2, -0.15) is 0 Å². The largest absolute Gasteiger partial charge is 0.490 e. The van der Waals surface area contributed by atoms with Crippen LogP contribution < -0.4 is 9.47 Å². The van der Waals surface area contributed by atoms with Crippen molar-refractivity contribution in [1.29, 1.82) is 0 Å². The second-order valence-corrected chi connectivity index (χ2v) is 4.29. The first-order chi connectivity index (χ1) is 9.72. The van der Waals surface area contributed by atoms with Crippen molar-refractivity contribution >= 4 is 0 Å². The van der Waals surface area contributed by atoms with Crippen LogP contribution in [0.25, 0.3) is 0 Å². The Balaban J connectivity index is 2.12. The van der Waals surface area contributed by atoms with Crippen LogP contribution in [0.1, 0.15) is 18.1 Å². The fraction of sp³-hybridized carbons (Fsp3) is 0.250. The average molecular weight is 276 g/mol. The third-order valence-corrected chi connectivity index (χ3v) is 2.77. The van der Waals surface area contributed by atoms with Gasteiger partial charge in [-0.1, -0.05) is 18.2 Å². The van der Waals surface area contributed by atoms with Crippen LogP contribution in [0.5, 0.6) is 11.5 Å². The Hall–Kier alpha value is -2.07. The van der Waals surface area contributed by atoms with Gasteiger partial charge >= 0.3 is 0 Å². The molecule has 106 valence electrons. The molecule has 1 N–H and O–H groups in total. The Morgan fingerprint density at radius 1 is 1.00 bits per heavy atom. The van der Waals surface area contributed by atoms with Crippen molar-refractivity contribution in [2.45, 2.75) is 20.1 Å². The van der Waals surface area contributed by atoms with E-state index in [1.807, 2.05) is 6.92 Å². The maximum atomic E-state index is 13.1. The molecule has 0 amide bonds. The Bertz CT molecular complexity index is 569. The molecular weight excluding hydrogens is 259 g/mol. The molecule has 0 atom stereocenters. The molecule has 0 fully saturated rings. The van der Waals surface area contributed by atoms with Gasteiger partial charge in [0.2, 0.25) is 0 Å². The third-order valence-electron chi connectivity index (χ3n) is 2.77. The van der Waals surface area contributed by atoms with Gasteiger partial charge in [-0.05, 0) is 42.3 Å². The highest BCUT2D eigenvalue weighted by Crippen LogP contribution is 2.29. The number of benzene rings is 2.